The lowest BCUT2D eigenvalue weighted by molar-refractivity contribution is 0.0323. The van der Waals surface area contributed by atoms with E-state index in [2.05, 4.69) is 25.6 Å². The van der Waals surface area contributed by atoms with Crippen molar-refractivity contribution in [3.8, 4) is 10.4 Å². The van der Waals surface area contributed by atoms with E-state index < -0.39 is 18.1 Å². The van der Waals surface area contributed by atoms with Crippen molar-refractivity contribution >= 4 is 52.2 Å². The molecule has 2 unspecified atom stereocenters. The van der Waals surface area contributed by atoms with E-state index in [1.807, 2.05) is 19.1 Å². The summed E-state index contributed by atoms with van der Waals surface area (Å²) < 4.78 is 19.9. The molecule has 7 nitrogen and oxygen atoms in total. The van der Waals surface area contributed by atoms with Gasteiger partial charge >= 0.3 is 6.03 Å². The predicted molar refractivity (Wildman–Crippen MR) is 127 cm³/mol. The largest absolute Gasteiger partial charge is 0.350 e. The van der Waals surface area contributed by atoms with Crippen LogP contribution in [-0.2, 0) is 11.3 Å². The number of aliphatic imine (C=N–C) groups is 2. The van der Waals surface area contributed by atoms with Gasteiger partial charge in [-0.15, -0.1) is 0 Å². The van der Waals surface area contributed by atoms with Crippen molar-refractivity contribution < 1.29 is 13.9 Å². The van der Waals surface area contributed by atoms with Gasteiger partial charge in [-0.1, -0.05) is 35.1 Å². The Hall–Kier alpha value is -3.14. The first-order chi connectivity index (χ1) is 15.5. The zero-order chi connectivity index (χ0) is 22.5. The number of carbonyl (C=O) groups is 1. The molecule has 0 saturated heterocycles. The zero-order valence-electron chi connectivity index (χ0n) is 17.0. The number of halogens is 2. The van der Waals surface area contributed by atoms with Crippen LogP contribution in [-0.4, -0.2) is 35.7 Å². The normalized spacial score (nSPS) is 17.3. The maximum absolute atomic E-state index is 14.2. The molecular weight excluding hydrogens is 453 g/mol. The number of thiazole rings is 1. The Morgan fingerprint density at radius 1 is 1.16 bits per heavy atom. The van der Waals surface area contributed by atoms with Crippen LogP contribution >= 0.6 is 22.9 Å². The third-order valence-electron chi connectivity index (χ3n) is 4.60. The summed E-state index contributed by atoms with van der Waals surface area (Å²) in [6.07, 6.45) is 4.37. The molecule has 10 heteroatoms. The Morgan fingerprint density at radius 3 is 2.72 bits per heavy atom. The van der Waals surface area contributed by atoms with Gasteiger partial charge < -0.3 is 10.1 Å². The molecule has 0 fully saturated rings. The number of nitrogens with one attached hydrogen (secondary N) is 2. The van der Waals surface area contributed by atoms with Crippen molar-refractivity contribution in [2.24, 2.45) is 9.98 Å². The van der Waals surface area contributed by atoms with Crippen molar-refractivity contribution in [2.45, 2.75) is 25.8 Å². The van der Waals surface area contributed by atoms with E-state index in [4.69, 9.17) is 16.3 Å². The maximum atomic E-state index is 14.2. The van der Waals surface area contributed by atoms with Crippen LogP contribution in [0.3, 0.4) is 0 Å². The van der Waals surface area contributed by atoms with Crippen LogP contribution in [0.5, 0.6) is 0 Å². The van der Waals surface area contributed by atoms with Gasteiger partial charge in [0, 0.05) is 34.9 Å². The highest BCUT2D eigenvalue weighted by Gasteiger charge is 2.18. The molecule has 0 radical (unpaired) electrons. The lowest BCUT2D eigenvalue weighted by Crippen LogP contribution is -2.26. The highest BCUT2D eigenvalue weighted by Crippen LogP contribution is 2.30. The van der Waals surface area contributed by atoms with Crippen LogP contribution in [0.2, 0.25) is 5.02 Å². The van der Waals surface area contributed by atoms with Crippen LogP contribution < -0.4 is 10.6 Å². The number of rotatable bonds is 6. The quantitative estimate of drug-likeness (QED) is 0.488. The second kappa shape index (κ2) is 9.99. The van der Waals surface area contributed by atoms with Gasteiger partial charge in [0.15, 0.2) is 11.4 Å². The molecular formula is C22H19ClFN5O2S. The Bertz CT molecular complexity index is 1170. The van der Waals surface area contributed by atoms with E-state index in [-0.39, 0.29) is 12.6 Å². The SMILES string of the molecule is CC1N=CC=NC1OCc1cc(NC(=O)Nc2ncc(-c3ccc(Cl)cc3)s2)ccc1F. The molecule has 32 heavy (non-hydrogen) atoms. The Balaban J connectivity index is 1.36. The van der Waals surface area contributed by atoms with Crippen molar-refractivity contribution in [1.29, 1.82) is 0 Å². The lowest BCUT2D eigenvalue weighted by Gasteiger charge is -2.20. The molecule has 0 saturated carbocycles. The molecule has 2 atom stereocenters. The second-order valence-electron chi connectivity index (χ2n) is 6.96. The highest BCUT2D eigenvalue weighted by molar-refractivity contribution is 7.19. The summed E-state index contributed by atoms with van der Waals surface area (Å²) >= 11 is 7.25. The van der Waals surface area contributed by atoms with Gasteiger partial charge in [0.2, 0.25) is 0 Å². The van der Waals surface area contributed by atoms with Crippen LogP contribution in [0.1, 0.15) is 12.5 Å². The average molecular weight is 472 g/mol. The molecule has 2 heterocycles. The van der Waals surface area contributed by atoms with E-state index in [0.29, 0.717) is 21.4 Å². The van der Waals surface area contributed by atoms with Gasteiger partial charge in [-0.3, -0.25) is 15.3 Å². The molecule has 3 aromatic rings. The van der Waals surface area contributed by atoms with E-state index >= 15 is 0 Å². The summed E-state index contributed by atoms with van der Waals surface area (Å²) in [5.41, 5.74) is 1.68. The number of nitrogens with zero attached hydrogens (tertiary/aromatic N) is 3. The van der Waals surface area contributed by atoms with E-state index in [1.54, 1.807) is 30.8 Å². The first-order valence-corrected chi connectivity index (χ1v) is 10.9. The van der Waals surface area contributed by atoms with E-state index in [9.17, 15) is 9.18 Å². The first kappa shape index (κ1) is 22.1. The third kappa shape index (κ3) is 5.56. The zero-order valence-corrected chi connectivity index (χ0v) is 18.5. The van der Waals surface area contributed by atoms with Gasteiger partial charge in [0.25, 0.3) is 0 Å². The Kier molecular flexibility index (Phi) is 6.89. The Labute approximate surface area is 193 Å². The van der Waals surface area contributed by atoms with Gasteiger partial charge in [0.05, 0.1) is 17.5 Å². The molecule has 2 amide bonds. The summed E-state index contributed by atoms with van der Waals surface area (Å²) in [6.45, 7) is 1.87. The first-order valence-electron chi connectivity index (χ1n) is 9.72. The van der Waals surface area contributed by atoms with Gasteiger partial charge in [-0.25, -0.2) is 14.2 Å². The summed E-state index contributed by atoms with van der Waals surface area (Å²) in [6, 6.07) is 11.0. The molecule has 0 bridgehead atoms. The standard InChI is InChI=1S/C22H19ClFN5O2S/c1-13-20(26-9-8-25-13)31-12-15-10-17(6-7-18(15)24)28-21(30)29-22-27-11-19(32-22)14-2-4-16(23)5-3-14/h2-11,13,20H,12H2,1H3,(H2,27,28,29,30). The molecule has 1 aliphatic rings. The number of carbonyl (C=O) groups excluding carboxylic acids is 1. The van der Waals surface area contributed by atoms with Gasteiger partial charge in [-0.2, -0.15) is 0 Å². The molecule has 1 aromatic heterocycles. The summed E-state index contributed by atoms with van der Waals surface area (Å²) in [5.74, 6) is -0.431. The number of aromatic nitrogens is 1. The van der Waals surface area contributed by atoms with Crippen LogP contribution in [0, 0.1) is 5.82 Å². The number of hydrogen-bond donors (Lipinski definition) is 2. The average Bonchev–Trinajstić information content (AvgIpc) is 3.24. The van der Waals surface area contributed by atoms with Crippen molar-refractivity contribution in [2.75, 3.05) is 10.6 Å². The number of amides is 2. The van der Waals surface area contributed by atoms with Crippen molar-refractivity contribution in [3.63, 3.8) is 0 Å². The van der Waals surface area contributed by atoms with Crippen LogP contribution in [0.4, 0.5) is 20.0 Å². The van der Waals surface area contributed by atoms with Gasteiger partial charge in [-0.05, 0) is 42.8 Å². The summed E-state index contributed by atoms with van der Waals surface area (Å²) in [5, 5.41) is 6.45. The molecule has 0 spiro atoms. The monoisotopic (exact) mass is 471 g/mol. The fourth-order valence-corrected chi connectivity index (χ4v) is 3.90. The fourth-order valence-electron chi connectivity index (χ4n) is 2.96. The number of benzene rings is 2. The van der Waals surface area contributed by atoms with Crippen LogP contribution in [0.15, 0.2) is 58.6 Å². The van der Waals surface area contributed by atoms with Crippen molar-refractivity contribution in [3.05, 3.63) is 65.1 Å². The minimum Gasteiger partial charge on any atom is -0.350 e. The highest BCUT2D eigenvalue weighted by atomic mass is 35.5. The van der Waals surface area contributed by atoms with E-state index in [0.717, 1.165) is 10.4 Å². The molecule has 2 N–H and O–H groups in total. The van der Waals surface area contributed by atoms with E-state index in [1.165, 1.54) is 29.5 Å². The smallest absolute Gasteiger partial charge is 0.325 e. The molecule has 0 aliphatic carbocycles. The number of anilines is 2. The Morgan fingerprint density at radius 2 is 1.94 bits per heavy atom. The molecule has 4 rings (SSSR count). The summed E-state index contributed by atoms with van der Waals surface area (Å²) in [7, 11) is 0. The number of ether oxygens (including phenoxy) is 1. The number of hydrogen-bond acceptors (Lipinski definition) is 6. The second-order valence-corrected chi connectivity index (χ2v) is 8.43. The minimum absolute atomic E-state index is 0.00176. The molecule has 1 aliphatic heterocycles. The summed E-state index contributed by atoms with van der Waals surface area (Å²) in [4.78, 5) is 25.9. The van der Waals surface area contributed by atoms with Crippen LogP contribution in [0.25, 0.3) is 10.4 Å². The fraction of sp³-hybridized carbons (Fsp3) is 0.182. The minimum atomic E-state index is -0.486. The predicted octanol–water partition coefficient (Wildman–Crippen LogP) is 5.63. The van der Waals surface area contributed by atoms with Gasteiger partial charge in [0.1, 0.15) is 5.82 Å². The van der Waals surface area contributed by atoms with Crippen molar-refractivity contribution in [1.82, 2.24) is 4.98 Å². The molecule has 164 valence electrons. The lowest BCUT2D eigenvalue weighted by atomic mass is 10.2. The topological polar surface area (TPSA) is 88.0 Å². The number of urea groups is 1. The maximum Gasteiger partial charge on any atom is 0.325 e. The molecule has 2 aromatic carbocycles. The third-order valence-corrected chi connectivity index (χ3v) is 5.82.